The summed E-state index contributed by atoms with van der Waals surface area (Å²) in [4.78, 5) is 38.0. The fourth-order valence-corrected chi connectivity index (χ4v) is 5.05. The van der Waals surface area contributed by atoms with Crippen molar-refractivity contribution in [2.45, 2.75) is 63.8 Å². The Bertz CT molecular complexity index is 1210. The van der Waals surface area contributed by atoms with E-state index in [1.165, 1.54) is 20.0 Å². The van der Waals surface area contributed by atoms with Crippen molar-refractivity contribution in [1.82, 2.24) is 14.6 Å². The van der Waals surface area contributed by atoms with Crippen molar-refractivity contribution < 1.29 is 33.0 Å². The summed E-state index contributed by atoms with van der Waals surface area (Å²) in [5.41, 5.74) is 3.39. The minimum Gasteiger partial charge on any atom is -0.462 e. The number of carbonyl (C=O) groups is 1. The molecular formula is C22H31N4O9P. The number of hydrogen-bond donors (Lipinski definition) is 4. The average molecular weight is 526 g/mol. The summed E-state index contributed by atoms with van der Waals surface area (Å²) in [6.07, 6.45) is -2.88. The molecule has 1 aliphatic heterocycles. The first-order valence-corrected chi connectivity index (χ1v) is 12.8. The van der Waals surface area contributed by atoms with Gasteiger partial charge in [0, 0.05) is 12.3 Å². The van der Waals surface area contributed by atoms with E-state index in [2.05, 4.69) is 10.1 Å². The van der Waals surface area contributed by atoms with E-state index >= 15 is 0 Å². The number of nitrogens with zero attached hydrogens (tertiary/aromatic N) is 1. The summed E-state index contributed by atoms with van der Waals surface area (Å²) >= 11 is 0. The van der Waals surface area contributed by atoms with Crippen LogP contribution in [0.1, 0.15) is 33.9 Å². The van der Waals surface area contributed by atoms with Gasteiger partial charge in [-0.25, -0.2) is 9.36 Å². The lowest BCUT2D eigenvalue weighted by atomic mass is 9.93. The van der Waals surface area contributed by atoms with Crippen LogP contribution in [0.2, 0.25) is 0 Å². The number of para-hydroxylation sites is 1. The van der Waals surface area contributed by atoms with Gasteiger partial charge in [-0.3, -0.25) is 23.7 Å². The third-order valence-corrected chi connectivity index (χ3v) is 7.01. The number of nitrogens with one attached hydrogen (secondary N) is 2. The number of carbonyl (C=O) groups excluding carboxylic acids is 1. The van der Waals surface area contributed by atoms with Crippen LogP contribution in [0, 0.1) is 0 Å². The smallest absolute Gasteiger partial charge is 0.459 e. The van der Waals surface area contributed by atoms with Crippen LogP contribution in [-0.4, -0.2) is 57.1 Å². The quantitative estimate of drug-likeness (QED) is 0.252. The number of aromatic nitrogens is 2. The molecule has 1 fully saturated rings. The number of nitrogens with two attached hydrogens (primary N) is 1. The predicted octanol–water partition coefficient (Wildman–Crippen LogP) is 0.646. The Hall–Kier alpha value is -2.80. The maximum absolute atomic E-state index is 13.6. The van der Waals surface area contributed by atoms with Gasteiger partial charge in [0.2, 0.25) is 0 Å². The molecule has 1 aromatic heterocycles. The summed E-state index contributed by atoms with van der Waals surface area (Å²) in [6.45, 7) is 5.77. The van der Waals surface area contributed by atoms with Crippen LogP contribution < -0.4 is 26.6 Å². The number of benzene rings is 1. The average Bonchev–Trinajstić information content (AvgIpc) is 3.01. The monoisotopic (exact) mass is 526 g/mol. The molecule has 0 bridgehead atoms. The van der Waals surface area contributed by atoms with Gasteiger partial charge in [0.15, 0.2) is 6.23 Å². The lowest BCUT2D eigenvalue weighted by Crippen LogP contribution is -2.53. The van der Waals surface area contributed by atoms with Gasteiger partial charge in [0.25, 0.3) is 5.56 Å². The van der Waals surface area contributed by atoms with Crippen LogP contribution in [0.3, 0.4) is 0 Å². The van der Waals surface area contributed by atoms with E-state index in [-0.39, 0.29) is 5.75 Å². The van der Waals surface area contributed by atoms with Gasteiger partial charge >= 0.3 is 19.4 Å². The van der Waals surface area contributed by atoms with Gasteiger partial charge < -0.3 is 24.8 Å². The van der Waals surface area contributed by atoms with E-state index in [0.717, 1.165) is 10.6 Å². The molecule has 0 aliphatic carbocycles. The van der Waals surface area contributed by atoms with Gasteiger partial charge in [-0.1, -0.05) is 18.2 Å². The molecule has 1 saturated heterocycles. The SMILES string of the molecule is CC(C)OC(=O)[C@@H](C)NP(=O)(OC[C@H]1O[C@@H](n2ccc(=O)[nH]c2=O)[C@](C)(N)[C@@H]1O)Oc1ccccc1. The molecule has 1 aliphatic rings. The first-order chi connectivity index (χ1) is 16.8. The molecule has 14 heteroatoms. The van der Waals surface area contributed by atoms with E-state index in [1.54, 1.807) is 44.2 Å². The zero-order valence-electron chi connectivity index (χ0n) is 20.3. The Balaban J connectivity index is 1.80. The molecule has 1 aromatic carbocycles. The summed E-state index contributed by atoms with van der Waals surface area (Å²) in [5.74, 6) is -0.471. The van der Waals surface area contributed by atoms with Crippen molar-refractivity contribution in [2.24, 2.45) is 5.73 Å². The third-order valence-electron chi connectivity index (χ3n) is 5.36. The molecule has 0 radical (unpaired) electrons. The van der Waals surface area contributed by atoms with E-state index in [9.17, 15) is 24.1 Å². The van der Waals surface area contributed by atoms with Crippen LogP contribution in [0.15, 0.2) is 52.2 Å². The second kappa shape index (κ2) is 11.1. The Labute approximate surface area is 207 Å². The van der Waals surface area contributed by atoms with Gasteiger partial charge in [-0.05, 0) is 39.8 Å². The number of H-pyrrole nitrogens is 1. The van der Waals surface area contributed by atoms with Crippen LogP contribution >= 0.6 is 7.75 Å². The molecular weight excluding hydrogens is 495 g/mol. The Morgan fingerprint density at radius 2 is 1.94 bits per heavy atom. The van der Waals surface area contributed by atoms with E-state index in [1.807, 2.05) is 0 Å². The van der Waals surface area contributed by atoms with Gasteiger partial charge in [-0.15, -0.1) is 0 Å². The first kappa shape index (κ1) is 27.8. The molecule has 2 aromatic rings. The van der Waals surface area contributed by atoms with Crippen molar-refractivity contribution in [1.29, 1.82) is 0 Å². The van der Waals surface area contributed by atoms with Crippen molar-refractivity contribution in [3.8, 4) is 5.75 Å². The maximum atomic E-state index is 13.6. The largest absolute Gasteiger partial charge is 0.462 e. The topological polar surface area (TPSA) is 184 Å². The van der Waals surface area contributed by atoms with Gasteiger partial charge in [0.05, 0.1) is 18.2 Å². The first-order valence-electron chi connectivity index (χ1n) is 11.2. The molecule has 198 valence electrons. The molecule has 0 amide bonds. The second-order valence-electron chi connectivity index (χ2n) is 8.89. The zero-order chi connectivity index (χ0) is 26.7. The highest BCUT2D eigenvalue weighted by molar-refractivity contribution is 7.52. The summed E-state index contributed by atoms with van der Waals surface area (Å²) < 4.78 is 36.7. The van der Waals surface area contributed by atoms with Crippen LogP contribution in [0.25, 0.3) is 0 Å². The molecule has 0 saturated carbocycles. The van der Waals surface area contributed by atoms with Crippen molar-refractivity contribution in [3.63, 3.8) is 0 Å². The lowest BCUT2D eigenvalue weighted by molar-refractivity contribution is -0.149. The molecule has 13 nitrogen and oxygen atoms in total. The predicted molar refractivity (Wildman–Crippen MR) is 128 cm³/mol. The Morgan fingerprint density at radius 3 is 2.56 bits per heavy atom. The summed E-state index contributed by atoms with van der Waals surface area (Å²) in [7, 11) is -4.22. The number of aromatic amines is 1. The molecule has 5 N–H and O–H groups in total. The molecule has 3 rings (SSSR count). The van der Waals surface area contributed by atoms with E-state index in [0.29, 0.717) is 0 Å². The van der Waals surface area contributed by atoms with E-state index < -0.39 is 67.7 Å². The second-order valence-corrected chi connectivity index (χ2v) is 10.6. The number of hydrogen-bond acceptors (Lipinski definition) is 10. The highest BCUT2D eigenvalue weighted by atomic mass is 31.2. The highest BCUT2D eigenvalue weighted by Crippen LogP contribution is 2.46. The minimum atomic E-state index is -4.22. The van der Waals surface area contributed by atoms with Crippen LogP contribution in [0.5, 0.6) is 5.75 Å². The standard InChI is InChI=1S/C22H31N4O9P/c1-13(2)33-19(29)14(3)25-36(31,35-15-8-6-5-7-9-15)32-12-16-18(28)22(4,23)20(34-16)26-11-10-17(27)24-21(26)30/h5-11,13-14,16,18,20,28H,12,23H2,1-4H3,(H,25,31)(H,24,27,30)/t14-,16-,18-,20-,22-,36?/m1/s1. The number of rotatable bonds is 10. The van der Waals surface area contributed by atoms with Gasteiger partial charge in [-0.2, -0.15) is 5.09 Å². The molecule has 6 atom stereocenters. The van der Waals surface area contributed by atoms with E-state index in [4.69, 9.17) is 24.3 Å². The summed E-state index contributed by atoms with van der Waals surface area (Å²) in [6, 6.07) is 8.19. The minimum absolute atomic E-state index is 0.201. The maximum Gasteiger partial charge on any atom is 0.459 e. The van der Waals surface area contributed by atoms with Crippen molar-refractivity contribution in [2.75, 3.05) is 6.61 Å². The number of esters is 1. The van der Waals surface area contributed by atoms with Crippen molar-refractivity contribution in [3.05, 3.63) is 63.4 Å². The number of ether oxygens (including phenoxy) is 2. The molecule has 2 heterocycles. The van der Waals surface area contributed by atoms with Crippen LogP contribution in [0.4, 0.5) is 0 Å². The zero-order valence-corrected chi connectivity index (χ0v) is 21.2. The highest BCUT2D eigenvalue weighted by Gasteiger charge is 2.52. The Kier molecular flexibility index (Phi) is 8.55. The fourth-order valence-electron chi connectivity index (χ4n) is 3.55. The number of aliphatic hydroxyl groups is 1. The van der Waals surface area contributed by atoms with Gasteiger partial charge in [0.1, 0.15) is 24.0 Å². The molecule has 1 unspecified atom stereocenters. The van der Waals surface area contributed by atoms with Crippen molar-refractivity contribution >= 4 is 13.7 Å². The number of aliphatic hydroxyl groups excluding tert-OH is 1. The molecule has 0 spiro atoms. The Morgan fingerprint density at radius 1 is 1.28 bits per heavy atom. The normalized spacial score (nSPS) is 26.4. The van der Waals surface area contributed by atoms with Crippen LogP contribution in [-0.2, 0) is 23.4 Å². The lowest BCUT2D eigenvalue weighted by Gasteiger charge is -2.28. The molecule has 36 heavy (non-hydrogen) atoms. The summed E-state index contributed by atoms with van der Waals surface area (Å²) in [5, 5.41) is 13.3. The third kappa shape index (κ3) is 6.49. The fraction of sp³-hybridized carbons (Fsp3) is 0.500.